The lowest BCUT2D eigenvalue weighted by molar-refractivity contribution is -0.118. The average molecular weight is 433 g/mol. The Labute approximate surface area is 188 Å². The molecule has 0 unspecified atom stereocenters. The Balaban J connectivity index is 1.79. The molecule has 0 N–H and O–H groups in total. The highest BCUT2D eigenvalue weighted by Gasteiger charge is 2.38. The molecule has 5 heteroatoms. The van der Waals surface area contributed by atoms with Crippen LogP contribution in [0.5, 0.6) is 0 Å². The Morgan fingerprint density at radius 3 is 2.42 bits per heavy atom. The fourth-order valence-electron chi connectivity index (χ4n) is 4.35. The third-order valence-corrected chi connectivity index (χ3v) is 6.00. The van der Waals surface area contributed by atoms with Crippen molar-refractivity contribution in [2.45, 2.75) is 38.8 Å². The van der Waals surface area contributed by atoms with Crippen molar-refractivity contribution < 1.29 is 9.59 Å². The molecule has 1 aliphatic rings. The smallest absolute Gasteiger partial charge is 0.258 e. The van der Waals surface area contributed by atoms with Gasteiger partial charge >= 0.3 is 0 Å². The van der Waals surface area contributed by atoms with E-state index in [1.807, 2.05) is 78.2 Å². The van der Waals surface area contributed by atoms with Gasteiger partial charge in [-0.05, 0) is 55.3 Å². The lowest BCUT2D eigenvalue weighted by Gasteiger charge is -2.43. The highest BCUT2D eigenvalue weighted by molar-refractivity contribution is 6.31. The van der Waals surface area contributed by atoms with Crippen molar-refractivity contribution in [1.29, 1.82) is 0 Å². The zero-order valence-electron chi connectivity index (χ0n) is 17.7. The lowest BCUT2D eigenvalue weighted by Crippen LogP contribution is -2.47. The maximum absolute atomic E-state index is 13.4. The summed E-state index contributed by atoms with van der Waals surface area (Å²) in [6, 6.07) is 24.4. The molecular weight excluding hydrogens is 408 g/mol. The molecule has 0 saturated heterocycles. The third-order valence-electron chi connectivity index (χ3n) is 5.77. The van der Waals surface area contributed by atoms with E-state index in [0.717, 1.165) is 16.9 Å². The van der Waals surface area contributed by atoms with Crippen LogP contribution in [-0.2, 0) is 4.79 Å². The number of rotatable bonds is 4. The maximum Gasteiger partial charge on any atom is 0.258 e. The number of para-hydroxylation sites is 2. The van der Waals surface area contributed by atoms with Crippen molar-refractivity contribution in [1.82, 2.24) is 0 Å². The molecule has 2 amide bonds. The molecule has 0 bridgehead atoms. The number of anilines is 2. The van der Waals surface area contributed by atoms with Crippen molar-refractivity contribution in [2.75, 3.05) is 9.80 Å². The Morgan fingerprint density at radius 1 is 1.00 bits per heavy atom. The van der Waals surface area contributed by atoms with Crippen molar-refractivity contribution in [3.63, 3.8) is 0 Å². The number of amides is 2. The molecule has 0 saturated carbocycles. The van der Waals surface area contributed by atoms with Crippen molar-refractivity contribution in [3.8, 4) is 0 Å². The molecule has 4 rings (SSSR count). The lowest BCUT2D eigenvalue weighted by atomic mass is 9.89. The Kier molecular flexibility index (Phi) is 6.10. The largest absolute Gasteiger partial charge is 0.305 e. The first-order valence-electron chi connectivity index (χ1n) is 10.6. The number of fused-ring (bicyclic) bond motifs is 1. The number of nitrogens with zero attached hydrogens (tertiary/aromatic N) is 2. The Hall–Kier alpha value is -3.11. The second kappa shape index (κ2) is 8.94. The molecule has 3 aromatic carbocycles. The van der Waals surface area contributed by atoms with E-state index in [4.69, 9.17) is 11.6 Å². The molecule has 0 fully saturated rings. The molecule has 0 aliphatic carbocycles. The summed E-state index contributed by atoms with van der Waals surface area (Å²) in [7, 11) is 0. The van der Waals surface area contributed by atoms with Crippen molar-refractivity contribution >= 4 is 34.8 Å². The Morgan fingerprint density at radius 2 is 1.71 bits per heavy atom. The van der Waals surface area contributed by atoms with Gasteiger partial charge in [0, 0.05) is 34.4 Å². The minimum absolute atomic E-state index is 0.0628. The topological polar surface area (TPSA) is 40.6 Å². The van der Waals surface area contributed by atoms with Gasteiger partial charge in [-0.2, -0.15) is 0 Å². The van der Waals surface area contributed by atoms with E-state index in [9.17, 15) is 9.59 Å². The molecule has 2 atom stereocenters. The van der Waals surface area contributed by atoms with Crippen LogP contribution in [0.2, 0.25) is 5.02 Å². The van der Waals surface area contributed by atoms with Crippen molar-refractivity contribution in [3.05, 3.63) is 95.0 Å². The van der Waals surface area contributed by atoms with Crippen LogP contribution >= 0.6 is 11.6 Å². The van der Waals surface area contributed by atoms with E-state index in [-0.39, 0.29) is 23.9 Å². The zero-order valence-corrected chi connectivity index (χ0v) is 18.4. The van der Waals surface area contributed by atoms with Gasteiger partial charge in [-0.15, -0.1) is 0 Å². The van der Waals surface area contributed by atoms with Crippen LogP contribution in [0.1, 0.15) is 48.7 Å². The number of carbonyl (C=O) groups excluding carboxylic acids is 2. The fourth-order valence-corrected chi connectivity index (χ4v) is 4.54. The number of hydrogen-bond donors (Lipinski definition) is 0. The fraction of sp³-hybridized carbons (Fsp3) is 0.231. The summed E-state index contributed by atoms with van der Waals surface area (Å²) in [6.45, 7) is 3.91. The highest BCUT2D eigenvalue weighted by Crippen LogP contribution is 2.42. The predicted molar refractivity (Wildman–Crippen MR) is 126 cm³/mol. The van der Waals surface area contributed by atoms with Gasteiger partial charge in [0.05, 0.1) is 6.04 Å². The van der Waals surface area contributed by atoms with Gasteiger partial charge in [0.15, 0.2) is 0 Å². The standard InChI is InChI=1S/C26H25ClN2O2/c1-3-25(30)29(21-12-5-4-6-13-21)24-16-18(2)28(23-15-8-7-14-22(23)24)26(31)19-10-9-11-20(27)17-19/h4-15,17-18,24H,3,16H2,1-2H3/t18-,24+/m0/s1. The molecule has 31 heavy (non-hydrogen) atoms. The molecule has 4 nitrogen and oxygen atoms in total. The second-order valence-corrected chi connectivity index (χ2v) is 8.23. The van der Waals surface area contributed by atoms with Gasteiger partial charge in [-0.25, -0.2) is 0 Å². The minimum atomic E-state index is -0.149. The van der Waals surface area contributed by atoms with Crippen LogP contribution in [0.3, 0.4) is 0 Å². The molecule has 1 heterocycles. The van der Waals surface area contributed by atoms with Crippen molar-refractivity contribution in [2.24, 2.45) is 0 Å². The molecule has 3 aromatic rings. The van der Waals surface area contributed by atoms with Crippen LogP contribution < -0.4 is 9.80 Å². The summed E-state index contributed by atoms with van der Waals surface area (Å²) in [5, 5.41) is 0.533. The normalized spacial score (nSPS) is 17.7. The zero-order chi connectivity index (χ0) is 22.0. The third kappa shape index (κ3) is 4.08. The maximum atomic E-state index is 13.4. The monoisotopic (exact) mass is 432 g/mol. The first kappa shape index (κ1) is 21.1. The van der Waals surface area contributed by atoms with E-state index in [0.29, 0.717) is 23.4 Å². The molecule has 0 radical (unpaired) electrons. The van der Waals surface area contributed by atoms with E-state index in [2.05, 4.69) is 0 Å². The average Bonchev–Trinajstić information content (AvgIpc) is 2.79. The summed E-state index contributed by atoms with van der Waals surface area (Å²) in [4.78, 5) is 30.2. The van der Waals surface area contributed by atoms with E-state index in [1.165, 1.54) is 0 Å². The van der Waals surface area contributed by atoms with Gasteiger partial charge < -0.3 is 9.80 Å². The quantitative estimate of drug-likeness (QED) is 0.488. The molecule has 0 aromatic heterocycles. The van der Waals surface area contributed by atoms with Crippen LogP contribution in [-0.4, -0.2) is 17.9 Å². The highest BCUT2D eigenvalue weighted by atomic mass is 35.5. The Bertz CT molecular complexity index is 1100. The van der Waals surface area contributed by atoms with E-state index < -0.39 is 0 Å². The van der Waals surface area contributed by atoms with Crippen LogP contribution in [0.15, 0.2) is 78.9 Å². The van der Waals surface area contributed by atoms with E-state index in [1.54, 1.807) is 24.3 Å². The molecule has 0 spiro atoms. The predicted octanol–water partition coefficient (Wildman–Crippen LogP) is 6.26. The summed E-state index contributed by atoms with van der Waals surface area (Å²) >= 11 is 6.13. The van der Waals surface area contributed by atoms with Crippen LogP contribution in [0, 0.1) is 0 Å². The first-order valence-corrected chi connectivity index (χ1v) is 10.9. The molecular formula is C26H25ClN2O2. The second-order valence-electron chi connectivity index (χ2n) is 7.80. The summed E-state index contributed by atoms with van der Waals surface area (Å²) < 4.78 is 0. The minimum Gasteiger partial charge on any atom is -0.305 e. The first-order chi connectivity index (χ1) is 15.0. The summed E-state index contributed by atoms with van der Waals surface area (Å²) in [6.07, 6.45) is 1.05. The van der Waals surface area contributed by atoms with E-state index >= 15 is 0 Å². The van der Waals surface area contributed by atoms with Gasteiger partial charge in [0.25, 0.3) is 5.91 Å². The number of halogens is 1. The van der Waals surface area contributed by atoms with Gasteiger partial charge in [0.2, 0.25) is 5.91 Å². The van der Waals surface area contributed by atoms with Gasteiger partial charge in [-0.1, -0.05) is 61.0 Å². The number of hydrogen-bond acceptors (Lipinski definition) is 2. The van der Waals surface area contributed by atoms with Gasteiger partial charge in [-0.3, -0.25) is 9.59 Å². The van der Waals surface area contributed by atoms with Crippen LogP contribution in [0.25, 0.3) is 0 Å². The van der Waals surface area contributed by atoms with Crippen LogP contribution in [0.4, 0.5) is 11.4 Å². The number of benzene rings is 3. The SMILES string of the molecule is CCC(=O)N(c1ccccc1)[C@@H]1C[C@H](C)N(C(=O)c2cccc(Cl)c2)c2ccccc21. The van der Waals surface area contributed by atoms with Gasteiger partial charge in [0.1, 0.15) is 0 Å². The molecule has 158 valence electrons. The summed E-state index contributed by atoms with van der Waals surface area (Å²) in [5.41, 5.74) is 3.23. The number of carbonyl (C=O) groups is 2. The summed E-state index contributed by atoms with van der Waals surface area (Å²) in [5.74, 6) is -0.0261. The molecule has 1 aliphatic heterocycles.